The summed E-state index contributed by atoms with van der Waals surface area (Å²) < 4.78 is 594. The Balaban J connectivity index is 0.000000244. The largest absolute Gasteiger partial charge is 0.573 e. The standard InChI is InChI=1S/C17H9F9O2.C17H10F8O2.C17H11F7O2.C16H9F7O.C16H10F6O.C16H11F5O/c1-2-3-8-4-10(18)14(11(19)5-8)16(22,23)27-9-6-12(20)15(13(21)7-9)28-17(24,25)26;1-2-3-9-4-5-11(12(18)6-9)16(21,22)26-10-7-13(19)15(14(20)8-10)27-17(23,24)25;1-2-3-10-4-6-12(13(18)8-10)16(20,21)25-11-5-7-15(14(19)9-11)26-17(22,23)24;1-2-3-8-4-10(17)14(11(18)5-8)16(22,23)24-9-6-12(19)15(21)13(20)7-9;1-2-3-9-4-5-11(12(17)6-9)16(21,22)23-10-7-13(18)15(20)14(19)8-10;1-2-3-10-4-6-12(14(18)8-10)16(20,21)22-11-5-7-13(17)15(19)9-11/h2-7H,1H3;2-8H,1H3;2-9H,1H3;2-7H,1H3;2-8H,1H3;2-9H,1H3/b6*3-2+. The minimum atomic E-state index is -5.45. The van der Waals surface area contributed by atoms with E-state index in [0.29, 0.717) is 71.3 Å². The summed E-state index contributed by atoms with van der Waals surface area (Å²) >= 11 is 0. The lowest BCUT2D eigenvalue weighted by atomic mass is 10.1. The van der Waals surface area contributed by atoms with E-state index < -0.39 is 263 Å². The second-order valence-corrected chi connectivity index (χ2v) is 29.0. The molecular weight excluding hydrogens is 2130 g/mol. The third kappa shape index (κ3) is 34.5. The van der Waals surface area contributed by atoms with Crippen LogP contribution in [0, 0.1) is 122 Å². The first kappa shape index (κ1) is 121. The van der Waals surface area contributed by atoms with Gasteiger partial charge < -0.3 is 42.6 Å². The maximum absolute atomic E-state index is 14.1. The molecule has 0 aliphatic heterocycles. The molecule has 0 N–H and O–H groups in total. The second-order valence-electron chi connectivity index (χ2n) is 29.0. The van der Waals surface area contributed by atoms with Gasteiger partial charge in [-0.1, -0.05) is 97.2 Å². The van der Waals surface area contributed by atoms with Crippen LogP contribution in [-0.2, 0) is 36.7 Å². The van der Waals surface area contributed by atoms with Crippen molar-refractivity contribution in [2.75, 3.05) is 0 Å². The molecule has 51 heteroatoms. The fraction of sp³-hybridized carbons (Fsp3) is 0.152. The summed E-state index contributed by atoms with van der Waals surface area (Å²) in [4.78, 5) is 0. The van der Waals surface area contributed by atoms with Crippen LogP contribution in [0.15, 0.2) is 218 Å². The highest BCUT2D eigenvalue weighted by Gasteiger charge is 2.47. The van der Waals surface area contributed by atoms with Crippen molar-refractivity contribution in [3.8, 4) is 51.7 Å². The van der Waals surface area contributed by atoms with Crippen molar-refractivity contribution < 1.29 is 227 Å². The number of alkyl halides is 21. The Kier molecular flexibility index (Phi) is 40.7. The summed E-state index contributed by atoms with van der Waals surface area (Å²) in [6, 6.07) is 18.0. The fourth-order valence-corrected chi connectivity index (χ4v) is 11.9. The zero-order chi connectivity index (χ0) is 113. The Hall–Kier alpha value is -15.7. The molecule has 0 radical (unpaired) electrons. The van der Waals surface area contributed by atoms with Crippen LogP contribution in [0.4, 0.5) is 184 Å². The number of halogens is 42. The van der Waals surface area contributed by atoms with Gasteiger partial charge in [-0.2, -0.15) is 52.7 Å². The summed E-state index contributed by atoms with van der Waals surface area (Å²) in [5.74, 6) is -45.3. The molecular formula is C99H60F42O9. The summed E-state index contributed by atoms with van der Waals surface area (Å²) in [5.41, 5.74) is -6.75. The maximum Gasteiger partial charge on any atom is 0.573 e. The fourth-order valence-electron chi connectivity index (χ4n) is 11.9. The quantitative estimate of drug-likeness (QED) is 0.0369. The van der Waals surface area contributed by atoms with Gasteiger partial charge >= 0.3 is 55.7 Å². The van der Waals surface area contributed by atoms with E-state index in [1.165, 1.54) is 67.7 Å². The molecule has 0 saturated carbocycles. The van der Waals surface area contributed by atoms with Crippen molar-refractivity contribution in [1.29, 1.82) is 0 Å². The maximum atomic E-state index is 14.1. The third-order valence-corrected chi connectivity index (χ3v) is 17.9. The monoisotopic (exact) mass is 2190 g/mol. The number of hydrogen-bond donors (Lipinski definition) is 0. The van der Waals surface area contributed by atoms with Crippen LogP contribution in [0.1, 0.15) is 108 Å². The van der Waals surface area contributed by atoms with Crippen LogP contribution in [0.2, 0.25) is 0 Å². The van der Waals surface area contributed by atoms with E-state index in [0.717, 1.165) is 54.6 Å². The molecule has 0 bridgehead atoms. The number of ether oxygens (including phenoxy) is 9. The van der Waals surface area contributed by atoms with E-state index in [-0.39, 0.29) is 71.3 Å². The lowest BCUT2D eigenvalue weighted by Gasteiger charge is -2.20. The van der Waals surface area contributed by atoms with Crippen molar-refractivity contribution in [2.24, 2.45) is 0 Å². The highest BCUT2D eigenvalue weighted by molar-refractivity contribution is 5.56. The smallest absolute Gasteiger partial charge is 0.429 e. The van der Waals surface area contributed by atoms with E-state index in [9.17, 15) is 184 Å². The second kappa shape index (κ2) is 50.4. The van der Waals surface area contributed by atoms with Gasteiger partial charge in [0.1, 0.15) is 92.2 Å². The molecule has 9 nitrogen and oxygen atoms in total. The van der Waals surface area contributed by atoms with E-state index in [2.05, 4.69) is 42.6 Å². The van der Waals surface area contributed by atoms with Crippen LogP contribution in [0.25, 0.3) is 36.5 Å². The number of benzene rings is 12. The minimum Gasteiger partial charge on any atom is -0.429 e. The van der Waals surface area contributed by atoms with Crippen LogP contribution in [0.5, 0.6) is 51.7 Å². The molecule has 0 atom stereocenters. The normalized spacial score (nSPS) is 12.2. The van der Waals surface area contributed by atoms with Crippen LogP contribution in [0.3, 0.4) is 0 Å². The van der Waals surface area contributed by atoms with Gasteiger partial charge in [-0.15, -0.1) is 39.5 Å². The van der Waals surface area contributed by atoms with Crippen molar-refractivity contribution in [3.63, 3.8) is 0 Å². The molecule has 0 amide bonds. The molecule has 12 aromatic rings. The van der Waals surface area contributed by atoms with Crippen LogP contribution >= 0.6 is 0 Å². The lowest BCUT2D eigenvalue weighted by molar-refractivity contribution is -0.277. The highest BCUT2D eigenvalue weighted by Crippen LogP contribution is 2.46. The molecule has 0 aliphatic carbocycles. The molecule has 804 valence electrons. The predicted octanol–water partition coefficient (Wildman–Crippen LogP) is 34.7. The molecule has 12 aromatic carbocycles. The first-order chi connectivity index (χ1) is 69.5. The van der Waals surface area contributed by atoms with E-state index >= 15 is 0 Å². The highest BCUT2D eigenvalue weighted by atomic mass is 19.4. The Morgan fingerprint density at radius 2 is 0.373 bits per heavy atom. The molecule has 0 spiro atoms. The third-order valence-electron chi connectivity index (χ3n) is 17.9. The zero-order valence-corrected chi connectivity index (χ0v) is 75.3. The van der Waals surface area contributed by atoms with Gasteiger partial charge in [-0.25, -0.2) is 92.2 Å². The zero-order valence-electron chi connectivity index (χ0n) is 75.3. The first-order valence-corrected chi connectivity index (χ1v) is 40.7. The van der Waals surface area contributed by atoms with Crippen LogP contribution in [-0.4, -0.2) is 19.1 Å². The van der Waals surface area contributed by atoms with Gasteiger partial charge in [0.05, 0.1) is 22.3 Å². The lowest BCUT2D eigenvalue weighted by Crippen LogP contribution is -2.25. The predicted molar refractivity (Wildman–Crippen MR) is 452 cm³/mol. The molecule has 0 unspecified atom stereocenters. The molecule has 150 heavy (non-hydrogen) atoms. The molecule has 0 aliphatic rings. The van der Waals surface area contributed by atoms with Crippen molar-refractivity contribution in [3.05, 3.63) is 407 Å². The van der Waals surface area contributed by atoms with Gasteiger partial charge in [0, 0.05) is 60.7 Å². The SMILES string of the molecule is C/C=C/c1cc(F)c(C(F)(F)Oc2cc(F)c(F)c(F)c2)c(F)c1.C/C=C/c1cc(F)c(C(F)(F)Oc2cc(F)c(OC(F)(F)F)c(F)c2)c(F)c1.C/C=C/c1ccc(C(F)(F)Oc2cc(F)c(F)c(F)c2)c(F)c1.C/C=C/c1ccc(C(F)(F)Oc2cc(F)c(OC(F)(F)F)c(F)c2)c(F)c1.C/C=C/c1ccc(C(F)(F)Oc2ccc(F)c(F)c2)c(F)c1.C/C=C/c1ccc(C(F)(F)Oc2ccc(OC(F)(F)F)c(F)c2)c(F)c1. The van der Waals surface area contributed by atoms with E-state index in [1.807, 2.05) is 0 Å². The van der Waals surface area contributed by atoms with Crippen LogP contribution < -0.4 is 42.6 Å². The Labute approximate surface area is 817 Å². The molecule has 0 aromatic heterocycles. The van der Waals surface area contributed by atoms with Crippen molar-refractivity contribution >= 4 is 36.5 Å². The van der Waals surface area contributed by atoms with Crippen molar-refractivity contribution in [1.82, 2.24) is 0 Å². The molecule has 12 rings (SSSR count). The van der Waals surface area contributed by atoms with Crippen molar-refractivity contribution in [2.45, 2.75) is 97.3 Å². The van der Waals surface area contributed by atoms with Gasteiger partial charge in [0.25, 0.3) is 0 Å². The molecule has 0 fully saturated rings. The summed E-state index contributed by atoms with van der Waals surface area (Å²) in [6.07, 6.45) is -24.5. The van der Waals surface area contributed by atoms with Gasteiger partial charge in [-0.3, -0.25) is 0 Å². The van der Waals surface area contributed by atoms with E-state index in [4.69, 9.17) is 0 Å². The Morgan fingerprint density at radius 1 is 0.167 bits per heavy atom. The van der Waals surface area contributed by atoms with E-state index in [1.54, 1.807) is 65.0 Å². The minimum absolute atomic E-state index is 0.00841. The van der Waals surface area contributed by atoms with Gasteiger partial charge in [0.2, 0.25) is 11.5 Å². The average Bonchev–Trinajstić information content (AvgIpc) is 0.784. The van der Waals surface area contributed by atoms with Gasteiger partial charge in [0.15, 0.2) is 81.4 Å². The summed E-state index contributed by atoms with van der Waals surface area (Å²) in [5, 5.41) is 0. The van der Waals surface area contributed by atoms with Gasteiger partial charge in [-0.05, 0) is 172 Å². The Bertz CT molecular complexity index is 6810. The molecule has 0 saturated heterocycles. The molecule has 0 heterocycles. The Morgan fingerprint density at radius 3 is 0.600 bits per heavy atom. The average molecular weight is 2190 g/mol. The number of rotatable bonds is 27. The summed E-state index contributed by atoms with van der Waals surface area (Å²) in [7, 11) is 0. The summed E-state index contributed by atoms with van der Waals surface area (Å²) in [6.45, 7) is 9.71. The number of hydrogen-bond acceptors (Lipinski definition) is 9. The first-order valence-electron chi connectivity index (χ1n) is 40.7. The topological polar surface area (TPSA) is 83.1 Å². The number of allylic oxidation sites excluding steroid dienone is 6.